The molecule has 0 saturated heterocycles. The van der Waals surface area contributed by atoms with Gasteiger partial charge in [-0.3, -0.25) is 4.79 Å². The standard InChI is InChI=1S/C10H11BrO/c11-10-7-3-1-6(2-4-7)8(10)5-9(10)12/h1,3,6-8H,2,4-5H2/t6-,7+,8-,10-/m1/s1. The topological polar surface area (TPSA) is 17.1 Å². The Morgan fingerprint density at radius 3 is 2.67 bits per heavy atom. The SMILES string of the molecule is O=C1C[C@@H]2[C@@H]3C=C[C@@H](CC3)[C@]12Br. The van der Waals surface area contributed by atoms with E-state index in [2.05, 4.69) is 28.1 Å². The van der Waals surface area contributed by atoms with Crippen LogP contribution in [0.2, 0.25) is 0 Å². The van der Waals surface area contributed by atoms with E-state index in [0.717, 1.165) is 6.42 Å². The number of carbonyl (C=O) groups excluding carboxylic acids is 1. The molecule has 0 aromatic heterocycles. The van der Waals surface area contributed by atoms with Crippen LogP contribution < -0.4 is 0 Å². The predicted octanol–water partition coefficient (Wildman–Crippen LogP) is 2.31. The first kappa shape index (κ1) is 7.31. The summed E-state index contributed by atoms with van der Waals surface area (Å²) < 4.78 is -0.120. The van der Waals surface area contributed by atoms with Crippen molar-refractivity contribution in [3.05, 3.63) is 12.2 Å². The number of hydrogen-bond donors (Lipinski definition) is 0. The molecular formula is C10H11BrO. The lowest BCUT2D eigenvalue weighted by molar-refractivity contribution is -0.137. The molecule has 0 N–H and O–H groups in total. The van der Waals surface area contributed by atoms with Crippen LogP contribution in [0.3, 0.4) is 0 Å². The van der Waals surface area contributed by atoms with Gasteiger partial charge >= 0.3 is 0 Å². The Bertz CT molecular complexity index is 284. The van der Waals surface area contributed by atoms with Crippen LogP contribution in [0.4, 0.5) is 0 Å². The fourth-order valence-corrected chi connectivity index (χ4v) is 4.10. The van der Waals surface area contributed by atoms with Crippen molar-refractivity contribution in [2.24, 2.45) is 17.8 Å². The molecule has 4 atom stereocenters. The number of fused-ring (bicyclic) bond motifs is 1. The van der Waals surface area contributed by atoms with Gasteiger partial charge in [0.15, 0.2) is 5.78 Å². The van der Waals surface area contributed by atoms with E-state index in [-0.39, 0.29) is 4.32 Å². The van der Waals surface area contributed by atoms with Gasteiger partial charge in [-0.25, -0.2) is 0 Å². The highest BCUT2D eigenvalue weighted by Crippen LogP contribution is 2.60. The highest BCUT2D eigenvalue weighted by molar-refractivity contribution is 9.10. The maximum Gasteiger partial charge on any atom is 0.150 e. The van der Waals surface area contributed by atoms with Gasteiger partial charge in [-0.15, -0.1) is 0 Å². The van der Waals surface area contributed by atoms with E-state index in [1.165, 1.54) is 12.8 Å². The lowest BCUT2D eigenvalue weighted by atomic mass is 9.52. The summed E-state index contributed by atoms with van der Waals surface area (Å²) in [7, 11) is 0. The average Bonchev–Trinajstić information content (AvgIpc) is 2.11. The van der Waals surface area contributed by atoms with Crippen LogP contribution in [0.1, 0.15) is 19.3 Å². The largest absolute Gasteiger partial charge is 0.298 e. The van der Waals surface area contributed by atoms with E-state index in [4.69, 9.17) is 0 Å². The number of Topliss-reactive ketones (excluding diaryl/α,β-unsaturated/α-hetero) is 1. The first-order valence-electron chi connectivity index (χ1n) is 4.63. The van der Waals surface area contributed by atoms with Crippen molar-refractivity contribution in [1.82, 2.24) is 0 Å². The molecule has 12 heavy (non-hydrogen) atoms. The highest BCUT2D eigenvalue weighted by Gasteiger charge is 2.62. The maximum atomic E-state index is 11.5. The normalized spacial score (nSPS) is 55.1. The van der Waals surface area contributed by atoms with Crippen LogP contribution >= 0.6 is 15.9 Å². The van der Waals surface area contributed by atoms with Crippen molar-refractivity contribution in [2.45, 2.75) is 23.6 Å². The first-order chi connectivity index (χ1) is 5.73. The zero-order valence-corrected chi connectivity index (χ0v) is 8.38. The number of alkyl halides is 1. The molecule has 2 bridgehead atoms. The fourth-order valence-electron chi connectivity index (χ4n) is 3.05. The molecule has 1 nitrogen and oxygen atoms in total. The molecular weight excluding hydrogens is 216 g/mol. The van der Waals surface area contributed by atoms with Crippen molar-refractivity contribution in [1.29, 1.82) is 0 Å². The van der Waals surface area contributed by atoms with Gasteiger partial charge in [0.05, 0.1) is 4.32 Å². The maximum absolute atomic E-state index is 11.5. The molecule has 64 valence electrons. The highest BCUT2D eigenvalue weighted by atomic mass is 79.9. The summed E-state index contributed by atoms with van der Waals surface area (Å²) >= 11 is 3.67. The summed E-state index contributed by atoms with van der Waals surface area (Å²) in [6.07, 6.45) is 7.89. The van der Waals surface area contributed by atoms with Crippen LogP contribution in [0, 0.1) is 17.8 Å². The molecule has 4 rings (SSSR count). The van der Waals surface area contributed by atoms with Crippen LogP contribution in [-0.2, 0) is 4.79 Å². The van der Waals surface area contributed by atoms with Crippen molar-refractivity contribution in [2.75, 3.05) is 0 Å². The molecule has 2 heteroatoms. The number of rotatable bonds is 0. The van der Waals surface area contributed by atoms with Crippen LogP contribution in [-0.4, -0.2) is 10.1 Å². The molecule has 0 aliphatic heterocycles. The Labute approximate surface area is 80.3 Å². The van der Waals surface area contributed by atoms with Gasteiger partial charge < -0.3 is 0 Å². The smallest absolute Gasteiger partial charge is 0.150 e. The van der Waals surface area contributed by atoms with Crippen molar-refractivity contribution in [3.8, 4) is 0 Å². The van der Waals surface area contributed by atoms with Gasteiger partial charge in [-0.2, -0.15) is 0 Å². The number of hydrogen-bond acceptors (Lipinski definition) is 1. The second-order valence-corrected chi connectivity index (χ2v) is 5.55. The minimum Gasteiger partial charge on any atom is -0.298 e. The fraction of sp³-hybridized carbons (Fsp3) is 0.700. The Morgan fingerprint density at radius 1 is 1.42 bits per heavy atom. The van der Waals surface area contributed by atoms with Crippen LogP contribution in [0.25, 0.3) is 0 Å². The molecule has 0 aromatic carbocycles. The zero-order chi connectivity index (χ0) is 8.34. The van der Waals surface area contributed by atoms with Crippen LogP contribution in [0.15, 0.2) is 12.2 Å². The molecule has 0 unspecified atom stereocenters. The summed E-state index contributed by atoms with van der Waals surface area (Å²) in [5.74, 6) is 2.24. The second kappa shape index (κ2) is 2.03. The van der Waals surface area contributed by atoms with Crippen molar-refractivity contribution in [3.63, 3.8) is 0 Å². The van der Waals surface area contributed by atoms with Gasteiger partial charge in [0.2, 0.25) is 0 Å². The summed E-state index contributed by atoms with van der Waals surface area (Å²) in [4.78, 5) is 11.5. The van der Waals surface area contributed by atoms with E-state index in [0.29, 0.717) is 23.5 Å². The predicted molar refractivity (Wildman–Crippen MR) is 50.1 cm³/mol. The average molecular weight is 227 g/mol. The zero-order valence-electron chi connectivity index (χ0n) is 6.79. The Balaban J connectivity index is 2.08. The third-order valence-corrected chi connectivity index (χ3v) is 5.45. The Hall–Kier alpha value is -0.110. The first-order valence-corrected chi connectivity index (χ1v) is 5.43. The summed E-state index contributed by atoms with van der Waals surface area (Å²) in [6, 6.07) is 0. The lowest BCUT2D eigenvalue weighted by Gasteiger charge is -2.56. The van der Waals surface area contributed by atoms with Gasteiger partial charge in [-0.1, -0.05) is 28.1 Å². The molecule has 2 fully saturated rings. The molecule has 0 radical (unpaired) electrons. The summed E-state index contributed by atoms with van der Waals surface area (Å²) in [6.45, 7) is 0. The Kier molecular flexibility index (Phi) is 1.24. The van der Waals surface area contributed by atoms with Crippen molar-refractivity contribution < 1.29 is 4.79 Å². The lowest BCUT2D eigenvalue weighted by Crippen LogP contribution is -2.62. The van der Waals surface area contributed by atoms with Gasteiger partial charge in [0, 0.05) is 6.42 Å². The second-order valence-electron chi connectivity index (χ2n) is 4.23. The number of allylic oxidation sites excluding steroid dienone is 2. The molecule has 2 saturated carbocycles. The number of carbonyl (C=O) groups is 1. The quantitative estimate of drug-likeness (QED) is 0.458. The molecule has 0 amide bonds. The third kappa shape index (κ3) is 0.607. The van der Waals surface area contributed by atoms with E-state index < -0.39 is 0 Å². The third-order valence-electron chi connectivity index (χ3n) is 3.83. The number of ketones is 1. The minimum absolute atomic E-state index is 0.120. The molecule has 0 aromatic rings. The van der Waals surface area contributed by atoms with E-state index in [1.807, 2.05) is 0 Å². The molecule has 0 heterocycles. The monoisotopic (exact) mass is 226 g/mol. The van der Waals surface area contributed by atoms with Crippen LogP contribution in [0.5, 0.6) is 0 Å². The van der Waals surface area contributed by atoms with Gasteiger partial charge in [0.1, 0.15) is 0 Å². The Morgan fingerprint density at radius 2 is 2.25 bits per heavy atom. The summed E-state index contributed by atoms with van der Waals surface area (Å²) in [5, 5.41) is 0. The molecule has 4 aliphatic rings. The van der Waals surface area contributed by atoms with E-state index >= 15 is 0 Å². The van der Waals surface area contributed by atoms with Gasteiger partial charge in [-0.05, 0) is 30.6 Å². The van der Waals surface area contributed by atoms with E-state index in [1.54, 1.807) is 0 Å². The molecule has 0 spiro atoms. The van der Waals surface area contributed by atoms with Crippen molar-refractivity contribution >= 4 is 21.7 Å². The van der Waals surface area contributed by atoms with Gasteiger partial charge in [0.25, 0.3) is 0 Å². The minimum atomic E-state index is -0.120. The summed E-state index contributed by atoms with van der Waals surface area (Å²) in [5.41, 5.74) is 0. The number of halogens is 1. The van der Waals surface area contributed by atoms with E-state index in [9.17, 15) is 4.79 Å². The molecule has 4 aliphatic carbocycles.